The molecule has 1 aromatic carbocycles. The number of alkyl halides is 1. The molecule has 0 bridgehead atoms. The maximum Gasteiger partial charge on any atom is 0.154 e. The maximum absolute atomic E-state index is 12.3. The number of hydrogen-bond acceptors (Lipinski definition) is 3. The zero-order valence-electron chi connectivity index (χ0n) is 10.7. The standard InChI is InChI=1S/C14H18FNO2S/c15-10-14(16)9-11-1-3-12(4-2-11)13-5-7-19(17,18)8-6-13/h1-5,14H,6-10,16H2/t14-/m0/s1. The molecule has 1 aliphatic heterocycles. The van der Waals surface area contributed by atoms with Gasteiger partial charge in [-0.15, -0.1) is 0 Å². The highest BCUT2D eigenvalue weighted by Crippen LogP contribution is 2.23. The van der Waals surface area contributed by atoms with Gasteiger partial charge in [0.15, 0.2) is 9.84 Å². The number of halogens is 1. The second-order valence-electron chi connectivity index (χ2n) is 4.91. The van der Waals surface area contributed by atoms with Crippen LogP contribution in [-0.4, -0.2) is 32.6 Å². The molecule has 104 valence electrons. The molecule has 2 N–H and O–H groups in total. The van der Waals surface area contributed by atoms with Crippen LogP contribution in [0.1, 0.15) is 17.5 Å². The Morgan fingerprint density at radius 3 is 2.47 bits per heavy atom. The van der Waals surface area contributed by atoms with Crippen LogP contribution in [0.3, 0.4) is 0 Å². The Bertz CT molecular complexity index is 564. The zero-order chi connectivity index (χ0) is 13.9. The van der Waals surface area contributed by atoms with Crippen molar-refractivity contribution in [2.75, 3.05) is 18.2 Å². The van der Waals surface area contributed by atoms with Crippen LogP contribution in [0.25, 0.3) is 5.57 Å². The fraction of sp³-hybridized carbons (Fsp3) is 0.429. The minimum Gasteiger partial charge on any atom is -0.325 e. The first-order valence-corrected chi connectivity index (χ1v) is 8.12. The van der Waals surface area contributed by atoms with Gasteiger partial charge in [0.05, 0.1) is 11.5 Å². The lowest BCUT2D eigenvalue weighted by Gasteiger charge is -2.14. The molecule has 2 rings (SSSR count). The Labute approximate surface area is 113 Å². The summed E-state index contributed by atoms with van der Waals surface area (Å²) in [7, 11) is -2.89. The van der Waals surface area contributed by atoms with Crippen molar-refractivity contribution in [3.8, 4) is 0 Å². The van der Waals surface area contributed by atoms with Gasteiger partial charge in [0.2, 0.25) is 0 Å². The maximum atomic E-state index is 12.3. The largest absolute Gasteiger partial charge is 0.325 e. The van der Waals surface area contributed by atoms with E-state index in [1.165, 1.54) is 0 Å². The van der Waals surface area contributed by atoms with Crippen molar-refractivity contribution >= 4 is 15.4 Å². The second kappa shape index (κ2) is 5.84. The van der Waals surface area contributed by atoms with Crippen LogP contribution in [0.15, 0.2) is 30.3 Å². The van der Waals surface area contributed by atoms with Crippen LogP contribution in [0.4, 0.5) is 4.39 Å². The molecule has 5 heteroatoms. The third kappa shape index (κ3) is 3.88. The summed E-state index contributed by atoms with van der Waals surface area (Å²) < 4.78 is 35.0. The average Bonchev–Trinajstić information content (AvgIpc) is 2.40. The predicted octanol–water partition coefficient (Wildman–Crippen LogP) is 1.73. The fourth-order valence-electron chi connectivity index (χ4n) is 2.15. The highest BCUT2D eigenvalue weighted by molar-refractivity contribution is 7.91. The average molecular weight is 283 g/mol. The van der Waals surface area contributed by atoms with Crippen LogP contribution >= 0.6 is 0 Å². The molecule has 19 heavy (non-hydrogen) atoms. The molecule has 0 radical (unpaired) electrons. The predicted molar refractivity (Wildman–Crippen MR) is 75.3 cm³/mol. The summed E-state index contributed by atoms with van der Waals surface area (Å²) in [6, 6.07) is 7.29. The molecule has 1 aliphatic rings. The van der Waals surface area contributed by atoms with Gasteiger partial charge in [-0.2, -0.15) is 0 Å². The van der Waals surface area contributed by atoms with Gasteiger partial charge in [0.1, 0.15) is 6.67 Å². The van der Waals surface area contributed by atoms with Gasteiger partial charge in [0, 0.05) is 6.04 Å². The molecule has 0 aromatic heterocycles. The number of allylic oxidation sites excluding steroid dienone is 1. The van der Waals surface area contributed by atoms with Crippen LogP contribution < -0.4 is 5.73 Å². The van der Waals surface area contributed by atoms with E-state index >= 15 is 0 Å². The van der Waals surface area contributed by atoms with Crippen molar-refractivity contribution in [1.29, 1.82) is 0 Å². The van der Waals surface area contributed by atoms with Gasteiger partial charge in [-0.3, -0.25) is 0 Å². The summed E-state index contributed by atoms with van der Waals surface area (Å²) in [5, 5.41) is 0. The molecule has 0 spiro atoms. The lowest BCUT2D eigenvalue weighted by molar-refractivity contribution is 0.427. The van der Waals surface area contributed by atoms with E-state index in [2.05, 4.69) is 0 Å². The number of nitrogens with two attached hydrogens (primary N) is 1. The van der Waals surface area contributed by atoms with Crippen molar-refractivity contribution in [1.82, 2.24) is 0 Å². The quantitative estimate of drug-likeness (QED) is 0.915. The molecule has 0 unspecified atom stereocenters. The van der Waals surface area contributed by atoms with E-state index in [1.807, 2.05) is 24.3 Å². The molecule has 0 saturated carbocycles. The van der Waals surface area contributed by atoms with Crippen molar-refractivity contribution in [2.24, 2.45) is 5.73 Å². The van der Waals surface area contributed by atoms with Gasteiger partial charge in [-0.25, -0.2) is 12.8 Å². The summed E-state index contributed by atoms with van der Waals surface area (Å²) >= 11 is 0. The summed E-state index contributed by atoms with van der Waals surface area (Å²) in [6.07, 6.45) is 2.86. The fourth-order valence-corrected chi connectivity index (χ4v) is 3.31. The summed E-state index contributed by atoms with van der Waals surface area (Å²) in [5.74, 6) is 0.337. The first-order chi connectivity index (χ1) is 9.00. The summed E-state index contributed by atoms with van der Waals surface area (Å²) in [5.41, 5.74) is 8.66. The van der Waals surface area contributed by atoms with Gasteiger partial charge in [0.25, 0.3) is 0 Å². The topological polar surface area (TPSA) is 60.2 Å². The molecular formula is C14H18FNO2S. The highest BCUT2D eigenvalue weighted by atomic mass is 32.2. The molecule has 0 saturated heterocycles. The Morgan fingerprint density at radius 1 is 1.26 bits per heavy atom. The Morgan fingerprint density at radius 2 is 1.95 bits per heavy atom. The normalized spacial score (nSPS) is 19.8. The minimum atomic E-state index is -2.89. The molecule has 0 aliphatic carbocycles. The summed E-state index contributed by atoms with van der Waals surface area (Å²) in [4.78, 5) is 0. The van der Waals surface area contributed by atoms with E-state index < -0.39 is 22.6 Å². The van der Waals surface area contributed by atoms with Crippen LogP contribution in [0.5, 0.6) is 0 Å². The third-order valence-electron chi connectivity index (χ3n) is 3.29. The zero-order valence-corrected chi connectivity index (χ0v) is 11.5. The van der Waals surface area contributed by atoms with E-state index in [0.717, 1.165) is 16.7 Å². The Kier molecular flexibility index (Phi) is 4.37. The SMILES string of the molecule is N[C@H](CF)Cc1ccc(C2=CCS(=O)(=O)CC2)cc1. The van der Waals surface area contributed by atoms with Crippen LogP contribution in [-0.2, 0) is 16.3 Å². The van der Waals surface area contributed by atoms with Crippen molar-refractivity contribution in [3.05, 3.63) is 41.5 Å². The van der Waals surface area contributed by atoms with Crippen molar-refractivity contribution in [3.63, 3.8) is 0 Å². The molecule has 1 heterocycles. The smallest absolute Gasteiger partial charge is 0.154 e. The van der Waals surface area contributed by atoms with Gasteiger partial charge >= 0.3 is 0 Å². The lowest BCUT2D eigenvalue weighted by Crippen LogP contribution is -2.24. The monoisotopic (exact) mass is 283 g/mol. The second-order valence-corrected chi connectivity index (χ2v) is 7.14. The van der Waals surface area contributed by atoms with E-state index in [1.54, 1.807) is 6.08 Å². The third-order valence-corrected chi connectivity index (χ3v) is 4.79. The number of benzene rings is 1. The molecule has 0 amide bonds. The summed E-state index contributed by atoms with van der Waals surface area (Å²) in [6.45, 7) is -0.523. The first kappa shape index (κ1) is 14.2. The highest BCUT2D eigenvalue weighted by Gasteiger charge is 2.17. The Hall–Kier alpha value is -1.20. The van der Waals surface area contributed by atoms with E-state index in [4.69, 9.17) is 5.73 Å². The minimum absolute atomic E-state index is 0.122. The van der Waals surface area contributed by atoms with Gasteiger partial charge in [-0.05, 0) is 29.5 Å². The van der Waals surface area contributed by atoms with E-state index in [0.29, 0.717) is 12.8 Å². The molecule has 0 fully saturated rings. The molecule has 1 aromatic rings. The number of sulfone groups is 1. The van der Waals surface area contributed by atoms with E-state index in [9.17, 15) is 12.8 Å². The van der Waals surface area contributed by atoms with Crippen LogP contribution in [0, 0.1) is 0 Å². The first-order valence-electron chi connectivity index (χ1n) is 6.30. The van der Waals surface area contributed by atoms with Crippen molar-refractivity contribution in [2.45, 2.75) is 18.9 Å². The van der Waals surface area contributed by atoms with Gasteiger partial charge in [-0.1, -0.05) is 30.3 Å². The lowest BCUT2D eigenvalue weighted by atomic mass is 9.99. The Balaban J connectivity index is 2.09. The van der Waals surface area contributed by atoms with Crippen molar-refractivity contribution < 1.29 is 12.8 Å². The van der Waals surface area contributed by atoms with Crippen LogP contribution in [0.2, 0.25) is 0 Å². The molecule has 3 nitrogen and oxygen atoms in total. The van der Waals surface area contributed by atoms with Gasteiger partial charge < -0.3 is 5.73 Å². The molecule has 1 atom stereocenters. The number of rotatable bonds is 4. The molecular weight excluding hydrogens is 265 g/mol. The van der Waals surface area contributed by atoms with E-state index in [-0.39, 0.29) is 11.5 Å². The number of hydrogen-bond donors (Lipinski definition) is 1.